The van der Waals surface area contributed by atoms with Crippen LogP contribution in [-0.4, -0.2) is 25.4 Å². The molecule has 0 spiro atoms. The van der Waals surface area contributed by atoms with Gasteiger partial charge < -0.3 is 9.47 Å². The number of anilines is 1. The maximum Gasteiger partial charge on any atom is 0.203 e. The summed E-state index contributed by atoms with van der Waals surface area (Å²) in [5.41, 5.74) is 5.40. The predicted molar refractivity (Wildman–Crippen MR) is 98.3 cm³/mol. The SMILES string of the molecule is COc1ccc(-c2csc(N/N=C\c3ccc(F)cc3)n2)cc1OC. The van der Waals surface area contributed by atoms with E-state index in [9.17, 15) is 4.39 Å². The molecule has 0 aliphatic carbocycles. The topological polar surface area (TPSA) is 55.7 Å². The van der Waals surface area contributed by atoms with Crippen LogP contribution in [0.2, 0.25) is 0 Å². The first-order valence-electron chi connectivity index (χ1n) is 7.42. The van der Waals surface area contributed by atoms with E-state index < -0.39 is 0 Å². The fourth-order valence-corrected chi connectivity index (χ4v) is 2.83. The Kier molecular flexibility index (Phi) is 5.25. The largest absolute Gasteiger partial charge is 0.493 e. The molecular formula is C18H16FN3O2S. The molecule has 0 bridgehead atoms. The highest BCUT2D eigenvalue weighted by atomic mass is 32.1. The van der Waals surface area contributed by atoms with Gasteiger partial charge in [-0.05, 0) is 35.9 Å². The Morgan fingerprint density at radius 1 is 1.08 bits per heavy atom. The van der Waals surface area contributed by atoms with Crippen LogP contribution in [0.1, 0.15) is 5.56 Å². The number of benzene rings is 2. The molecule has 0 saturated heterocycles. The first kappa shape index (κ1) is 16.9. The summed E-state index contributed by atoms with van der Waals surface area (Å²) >= 11 is 1.44. The summed E-state index contributed by atoms with van der Waals surface area (Å²) in [5.74, 6) is 1.05. The van der Waals surface area contributed by atoms with Gasteiger partial charge in [-0.2, -0.15) is 5.10 Å². The van der Waals surface area contributed by atoms with Crippen LogP contribution in [0.3, 0.4) is 0 Å². The molecule has 1 heterocycles. The Labute approximate surface area is 148 Å². The zero-order chi connectivity index (χ0) is 17.6. The third kappa shape index (κ3) is 4.13. The lowest BCUT2D eigenvalue weighted by atomic mass is 10.1. The van der Waals surface area contributed by atoms with Crippen molar-refractivity contribution in [2.24, 2.45) is 5.10 Å². The zero-order valence-corrected chi connectivity index (χ0v) is 14.5. The summed E-state index contributed by atoms with van der Waals surface area (Å²) < 4.78 is 23.4. The fourth-order valence-electron chi connectivity index (χ4n) is 2.16. The van der Waals surface area contributed by atoms with E-state index in [0.29, 0.717) is 16.6 Å². The van der Waals surface area contributed by atoms with Crippen molar-refractivity contribution in [1.82, 2.24) is 4.98 Å². The van der Waals surface area contributed by atoms with Crippen molar-refractivity contribution in [2.45, 2.75) is 0 Å². The van der Waals surface area contributed by atoms with E-state index in [0.717, 1.165) is 16.8 Å². The molecule has 1 N–H and O–H groups in total. The highest BCUT2D eigenvalue weighted by Gasteiger charge is 2.09. The van der Waals surface area contributed by atoms with Crippen LogP contribution in [0.15, 0.2) is 52.9 Å². The second-order valence-electron chi connectivity index (χ2n) is 5.03. The number of rotatable bonds is 6. The number of hydrazone groups is 1. The van der Waals surface area contributed by atoms with Crippen LogP contribution in [0.4, 0.5) is 9.52 Å². The number of aromatic nitrogens is 1. The Balaban J connectivity index is 1.71. The Hall–Kier alpha value is -2.93. The minimum atomic E-state index is -0.274. The van der Waals surface area contributed by atoms with E-state index in [1.54, 1.807) is 32.6 Å². The highest BCUT2D eigenvalue weighted by Crippen LogP contribution is 2.33. The first-order valence-corrected chi connectivity index (χ1v) is 8.30. The average Bonchev–Trinajstić information content (AvgIpc) is 3.11. The van der Waals surface area contributed by atoms with Gasteiger partial charge >= 0.3 is 0 Å². The van der Waals surface area contributed by atoms with E-state index in [4.69, 9.17) is 9.47 Å². The molecule has 5 nitrogen and oxygen atoms in total. The second-order valence-corrected chi connectivity index (χ2v) is 5.89. The molecule has 0 saturated carbocycles. The summed E-state index contributed by atoms with van der Waals surface area (Å²) in [6.45, 7) is 0. The minimum Gasteiger partial charge on any atom is -0.493 e. The van der Waals surface area contributed by atoms with Crippen molar-refractivity contribution < 1.29 is 13.9 Å². The van der Waals surface area contributed by atoms with Crippen LogP contribution < -0.4 is 14.9 Å². The third-order valence-electron chi connectivity index (χ3n) is 3.43. The van der Waals surface area contributed by atoms with E-state index in [1.165, 1.54) is 23.5 Å². The van der Waals surface area contributed by atoms with Gasteiger partial charge in [-0.1, -0.05) is 12.1 Å². The molecule has 0 amide bonds. The minimum absolute atomic E-state index is 0.274. The summed E-state index contributed by atoms with van der Waals surface area (Å²) in [6, 6.07) is 11.7. The van der Waals surface area contributed by atoms with Crippen LogP contribution in [0.5, 0.6) is 11.5 Å². The van der Waals surface area contributed by atoms with Gasteiger partial charge in [-0.3, -0.25) is 5.43 Å². The molecule has 0 aliphatic heterocycles. The molecule has 0 fully saturated rings. The maximum absolute atomic E-state index is 12.9. The van der Waals surface area contributed by atoms with Gasteiger partial charge in [-0.25, -0.2) is 9.37 Å². The van der Waals surface area contributed by atoms with E-state index in [2.05, 4.69) is 15.5 Å². The van der Waals surface area contributed by atoms with Crippen LogP contribution >= 0.6 is 11.3 Å². The Bertz CT molecular complexity index is 878. The quantitative estimate of drug-likeness (QED) is 0.524. The fraction of sp³-hybridized carbons (Fsp3) is 0.111. The normalized spacial score (nSPS) is 10.8. The number of hydrogen-bond acceptors (Lipinski definition) is 6. The highest BCUT2D eigenvalue weighted by molar-refractivity contribution is 7.14. The Morgan fingerprint density at radius 2 is 1.84 bits per heavy atom. The zero-order valence-electron chi connectivity index (χ0n) is 13.7. The number of nitrogens with zero attached hydrogens (tertiary/aromatic N) is 2. The summed E-state index contributed by atoms with van der Waals surface area (Å²) in [7, 11) is 3.20. The van der Waals surface area contributed by atoms with Gasteiger partial charge in [0.05, 0.1) is 26.1 Å². The number of nitrogens with one attached hydrogen (secondary N) is 1. The third-order valence-corrected chi connectivity index (χ3v) is 4.17. The van der Waals surface area contributed by atoms with Crippen molar-refractivity contribution in [1.29, 1.82) is 0 Å². The summed E-state index contributed by atoms with van der Waals surface area (Å²) in [5, 5.41) is 6.70. The second kappa shape index (κ2) is 7.76. The Morgan fingerprint density at radius 3 is 2.56 bits per heavy atom. The molecule has 0 atom stereocenters. The number of thiazole rings is 1. The van der Waals surface area contributed by atoms with E-state index in [1.807, 2.05) is 23.6 Å². The van der Waals surface area contributed by atoms with Gasteiger partial charge in [0.15, 0.2) is 11.5 Å². The molecule has 0 unspecified atom stereocenters. The molecular weight excluding hydrogens is 341 g/mol. The number of hydrogen-bond donors (Lipinski definition) is 1. The van der Waals surface area contributed by atoms with Crippen LogP contribution in [-0.2, 0) is 0 Å². The molecule has 25 heavy (non-hydrogen) atoms. The lowest BCUT2D eigenvalue weighted by Gasteiger charge is -2.08. The molecule has 0 radical (unpaired) electrons. The molecule has 0 aliphatic rings. The summed E-state index contributed by atoms with van der Waals surface area (Å²) in [6.07, 6.45) is 1.61. The van der Waals surface area contributed by atoms with Crippen LogP contribution in [0.25, 0.3) is 11.3 Å². The van der Waals surface area contributed by atoms with Crippen molar-refractivity contribution in [3.05, 3.63) is 59.2 Å². The van der Waals surface area contributed by atoms with Crippen molar-refractivity contribution in [3.63, 3.8) is 0 Å². The number of methoxy groups -OCH3 is 2. The molecule has 3 aromatic rings. The monoisotopic (exact) mass is 357 g/mol. The molecule has 128 valence electrons. The van der Waals surface area contributed by atoms with Gasteiger partial charge in [-0.15, -0.1) is 11.3 Å². The van der Waals surface area contributed by atoms with Crippen molar-refractivity contribution >= 4 is 22.7 Å². The van der Waals surface area contributed by atoms with Gasteiger partial charge in [0, 0.05) is 10.9 Å². The van der Waals surface area contributed by atoms with Crippen molar-refractivity contribution in [2.75, 3.05) is 19.6 Å². The van der Waals surface area contributed by atoms with Crippen molar-refractivity contribution in [3.8, 4) is 22.8 Å². The van der Waals surface area contributed by atoms with Gasteiger partial charge in [0.25, 0.3) is 0 Å². The molecule has 3 rings (SSSR count). The molecule has 7 heteroatoms. The lowest BCUT2D eigenvalue weighted by Crippen LogP contribution is -1.92. The average molecular weight is 357 g/mol. The summed E-state index contributed by atoms with van der Waals surface area (Å²) in [4.78, 5) is 4.49. The molecule has 1 aromatic heterocycles. The molecule has 2 aromatic carbocycles. The smallest absolute Gasteiger partial charge is 0.203 e. The maximum atomic E-state index is 12.9. The number of halogens is 1. The predicted octanol–water partition coefficient (Wildman–Crippen LogP) is 4.41. The first-order chi connectivity index (χ1) is 12.2. The van der Waals surface area contributed by atoms with E-state index in [-0.39, 0.29) is 5.82 Å². The standard InChI is InChI=1S/C18H16FN3O2S/c1-23-16-8-5-13(9-17(16)24-2)15-11-25-18(21-15)22-20-10-12-3-6-14(19)7-4-12/h3-11H,1-2H3,(H,21,22)/b20-10-. The number of ether oxygens (including phenoxy) is 2. The van der Waals surface area contributed by atoms with Gasteiger partial charge in [0.1, 0.15) is 5.82 Å². The lowest BCUT2D eigenvalue weighted by molar-refractivity contribution is 0.355. The van der Waals surface area contributed by atoms with E-state index >= 15 is 0 Å². The van der Waals surface area contributed by atoms with Crippen LogP contribution in [0, 0.1) is 5.82 Å². The van der Waals surface area contributed by atoms with Gasteiger partial charge in [0.2, 0.25) is 5.13 Å².